The first-order valence-corrected chi connectivity index (χ1v) is 11.5. The van der Waals surface area contributed by atoms with Gasteiger partial charge in [-0.15, -0.1) is 0 Å². The van der Waals surface area contributed by atoms with E-state index >= 15 is 0 Å². The Kier molecular flexibility index (Phi) is 7.16. The van der Waals surface area contributed by atoms with Gasteiger partial charge in [0.25, 0.3) is 5.91 Å². The minimum absolute atomic E-state index is 0.0759. The van der Waals surface area contributed by atoms with Crippen LogP contribution >= 0.6 is 0 Å². The molecule has 1 saturated heterocycles. The standard InChI is InChI=1S/C28H29N3O3/c1-19(29)23-8-5-7-20(17-23)18-24(28(33)34-2)26-10-6-16-31(26)27(32)22-13-11-21(12-14-22)25-9-3-4-15-30-25/h3-5,7-9,11-15,17,24,26,29H,6,10,16,18H2,1-2H3. The summed E-state index contributed by atoms with van der Waals surface area (Å²) in [7, 11) is 1.39. The predicted molar refractivity (Wildman–Crippen MR) is 132 cm³/mol. The maximum atomic E-state index is 13.4. The number of hydrogen-bond acceptors (Lipinski definition) is 5. The van der Waals surface area contributed by atoms with E-state index < -0.39 is 5.92 Å². The van der Waals surface area contributed by atoms with E-state index in [9.17, 15) is 9.59 Å². The molecule has 1 fully saturated rings. The van der Waals surface area contributed by atoms with Crippen LogP contribution in [0, 0.1) is 11.3 Å². The molecule has 3 aromatic rings. The maximum Gasteiger partial charge on any atom is 0.311 e. The third-order valence-corrected chi connectivity index (χ3v) is 6.44. The Morgan fingerprint density at radius 1 is 1.09 bits per heavy atom. The summed E-state index contributed by atoms with van der Waals surface area (Å²) in [6.07, 6.45) is 3.80. The molecular formula is C28H29N3O3. The van der Waals surface area contributed by atoms with Crippen molar-refractivity contribution >= 4 is 17.6 Å². The molecule has 1 amide bonds. The molecule has 34 heavy (non-hydrogen) atoms. The highest BCUT2D eigenvalue weighted by molar-refractivity contribution is 5.96. The van der Waals surface area contributed by atoms with Crippen molar-refractivity contribution in [3.8, 4) is 11.3 Å². The predicted octanol–water partition coefficient (Wildman–Crippen LogP) is 4.77. The highest BCUT2D eigenvalue weighted by Gasteiger charge is 2.39. The van der Waals surface area contributed by atoms with Crippen molar-refractivity contribution in [2.75, 3.05) is 13.7 Å². The lowest BCUT2D eigenvalue weighted by atomic mass is 9.89. The van der Waals surface area contributed by atoms with Crippen LogP contribution in [0.2, 0.25) is 0 Å². The number of esters is 1. The molecular weight excluding hydrogens is 426 g/mol. The van der Waals surface area contributed by atoms with Crippen LogP contribution in [0.5, 0.6) is 0 Å². The minimum atomic E-state index is -0.467. The molecule has 2 unspecified atom stereocenters. The minimum Gasteiger partial charge on any atom is -0.469 e. The number of rotatable bonds is 7. The number of likely N-dealkylation sites (tertiary alicyclic amines) is 1. The second kappa shape index (κ2) is 10.4. The Morgan fingerprint density at radius 3 is 2.56 bits per heavy atom. The van der Waals surface area contributed by atoms with Gasteiger partial charge < -0.3 is 15.0 Å². The lowest BCUT2D eigenvalue weighted by molar-refractivity contribution is -0.147. The van der Waals surface area contributed by atoms with Crippen LogP contribution in [0.3, 0.4) is 0 Å². The van der Waals surface area contributed by atoms with Gasteiger partial charge in [0.15, 0.2) is 0 Å². The zero-order valence-electron chi connectivity index (χ0n) is 19.5. The van der Waals surface area contributed by atoms with E-state index in [2.05, 4.69) is 4.98 Å². The van der Waals surface area contributed by atoms with Crippen molar-refractivity contribution in [3.05, 3.63) is 89.6 Å². The Morgan fingerprint density at radius 2 is 1.88 bits per heavy atom. The van der Waals surface area contributed by atoms with Gasteiger partial charge in [-0.05, 0) is 67.6 Å². The fourth-order valence-electron chi connectivity index (χ4n) is 4.66. The van der Waals surface area contributed by atoms with Crippen LogP contribution in [0.4, 0.5) is 0 Å². The van der Waals surface area contributed by atoms with Crippen molar-refractivity contribution in [1.82, 2.24) is 9.88 Å². The Balaban J connectivity index is 1.56. The smallest absolute Gasteiger partial charge is 0.311 e. The van der Waals surface area contributed by atoms with Gasteiger partial charge in [-0.2, -0.15) is 0 Å². The highest BCUT2D eigenvalue weighted by atomic mass is 16.5. The van der Waals surface area contributed by atoms with E-state index in [0.29, 0.717) is 24.2 Å². The summed E-state index contributed by atoms with van der Waals surface area (Å²) < 4.78 is 5.15. The molecule has 174 valence electrons. The second-order valence-electron chi connectivity index (χ2n) is 8.66. The number of ether oxygens (including phenoxy) is 1. The summed E-state index contributed by atoms with van der Waals surface area (Å²) in [6.45, 7) is 2.35. The molecule has 0 saturated carbocycles. The summed E-state index contributed by atoms with van der Waals surface area (Å²) in [5, 5.41) is 7.91. The van der Waals surface area contributed by atoms with Crippen LogP contribution in [0.25, 0.3) is 11.3 Å². The maximum absolute atomic E-state index is 13.4. The molecule has 1 N–H and O–H groups in total. The lowest BCUT2D eigenvalue weighted by Crippen LogP contribution is -2.44. The highest BCUT2D eigenvalue weighted by Crippen LogP contribution is 2.30. The topological polar surface area (TPSA) is 83.4 Å². The van der Waals surface area contributed by atoms with Crippen molar-refractivity contribution < 1.29 is 14.3 Å². The average molecular weight is 456 g/mol. The molecule has 1 aliphatic rings. The van der Waals surface area contributed by atoms with Crippen molar-refractivity contribution in [1.29, 1.82) is 5.41 Å². The van der Waals surface area contributed by atoms with E-state index in [1.807, 2.05) is 71.6 Å². The monoisotopic (exact) mass is 455 g/mol. The van der Waals surface area contributed by atoms with E-state index in [0.717, 1.165) is 35.2 Å². The number of aromatic nitrogens is 1. The zero-order chi connectivity index (χ0) is 24.1. The number of amides is 1. The Labute approximate surface area is 200 Å². The summed E-state index contributed by atoms with van der Waals surface area (Å²) in [5.74, 6) is -0.856. The molecule has 0 spiro atoms. The third kappa shape index (κ3) is 5.06. The number of hydrogen-bond donors (Lipinski definition) is 1. The van der Waals surface area contributed by atoms with Gasteiger partial charge >= 0.3 is 5.97 Å². The number of pyridine rings is 1. The van der Waals surface area contributed by atoms with E-state index in [1.165, 1.54) is 7.11 Å². The first-order valence-electron chi connectivity index (χ1n) is 11.5. The quantitative estimate of drug-likeness (QED) is 0.411. The van der Waals surface area contributed by atoms with Crippen LogP contribution in [-0.4, -0.2) is 47.2 Å². The fourth-order valence-corrected chi connectivity index (χ4v) is 4.66. The normalized spacial score (nSPS) is 16.2. The average Bonchev–Trinajstić information content (AvgIpc) is 3.37. The first kappa shape index (κ1) is 23.4. The van der Waals surface area contributed by atoms with E-state index in [4.69, 9.17) is 10.1 Å². The van der Waals surface area contributed by atoms with Gasteiger partial charge in [0.1, 0.15) is 0 Å². The molecule has 0 bridgehead atoms. The van der Waals surface area contributed by atoms with Crippen molar-refractivity contribution in [3.63, 3.8) is 0 Å². The Bertz CT molecular complexity index is 1180. The lowest BCUT2D eigenvalue weighted by Gasteiger charge is -2.30. The molecule has 1 aliphatic heterocycles. The van der Waals surface area contributed by atoms with Crippen LogP contribution in [0.1, 0.15) is 41.3 Å². The molecule has 0 radical (unpaired) electrons. The summed E-state index contributed by atoms with van der Waals surface area (Å²) >= 11 is 0. The molecule has 2 heterocycles. The van der Waals surface area contributed by atoms with Crippen LogP contribution < -0.4 is 0 Å². The number of carbonyl (C=O) groups is 2. The summed E-state index contributed by atoms with van der Waals surface area (Å²) in [6, 6.07) is 20.6. The first-order chi connectivity index (χ1) is 16.5. The summed E-state index contributed by atoms with van der Waals surface area (Å²) in [4.78, 5) is 32.4. The van der Waals surface area contributed by atoms with Crippen LogP contribution in [-0.2, 0) is 16.0 Å². The van der Waals surface area contributed by atoms with E-state index in [1.54, 1.807) is 13.1 Å². The van der Waals surface area contributed by atoms with Gasteiger partial charge in [-0.1, -0.05) is 36.4 Å². The molecule has 2 aromatic carbocycles. The van der Waals surface area contributed by atoms with Gasteiger partial charge in [-0.25, -0.2) is 0 Å². The number of carbonyl (C=O) groups excluding carboxylic acids is 2. The van der Waals surface area contributed by atoms with Gasteiger partial charge in [-0.3, -0.25) is 14.6 Å². The third-order valence-electron chi connectivity index (χ3n) is 6.44. The second-order valence-corrected chi connectivity index (χ2v) is 8.66. The molecule has 4 rings (SSSR count). The fraction of sp³-hybridized carbons (Fsp3) is 0.286. The number of benzene rings is 2. The molecule has 1 aromatic heterocycles. The van der Waals surface area contributed by atoms with Gasteiger partial charge in [0.05, 0.1) is 18.7 Å². The number of nitrogens with one attached hydrogen (secondary N) is 1. The molecule has 0 aliphatic carbocycles. The molecule has 2 atom stereocenters. The summed E-state index contributed by atoms with van der Waals surface area (Å²) in [5.41, 5.74) is 4.66. The van der Waals surface area contributed by atoms with Gasteiger partial charge in [0, 0.05) is 35.6 Å². The van der Waals surface area contributed by atoms with Gasteiger partial charge in [0.2, 0.25) is 0 Å². The SMILES string of the molecule is COC(=O)C(Cc1cccc(C(C)=N)c1)C1CCCN1C(=O)c1ccc(-c2ccccn2)cc1. The number of nitrogens with zero attached hydrogens (tertiary/aromatic N) is 2. The molecule has 6 heteroatoms. The van der Waals surface area contributed by atoms with Crippen LogP contribution in [0.15, 0.2) is 72.9 Å². The van der Waals surface area contributed by atoms with Crippen molar-refractivity contribution in [2.24, 2.45) is 5.92 Å². The zero-order valence-corrected chi connectivity index (χ0v) is 19.5. The van der Waals surface area contributed by atoms with E-state index in [-0.39, 0.29) is 17.9 Å². The Hall–Kier alpha value is -3.80. The number of methoxy groups -OCH3 is 1. The molecule has 6 nitrogen and oxygen atoms in total. The van der Waals surface area contributed by atoms with Crippen molar-refractivity contribution in [2.45, 2.75) is 32.2 Å². The largest absolute Gasteiger partial charge is 0.469 e.